The Morgan fingerprint density at radius 2 is 1.92 bits per heavy atom. The predicted octanol–water partition coefficient (Wildman–Crippen LogP) is 0.816. The molecule has 0 bridgehead atoms. The van der Waals surface area contributed by atoms with Crippen LogP contribution in [0.5, 0.6) is 0 Å². The van der Waals surface area contributed by atoms with E-state index in [-0.39, 0.29) is 24.9 Å². The first-order valence-electron chi connectivity index (χ1n) is 4.32. The van der Waals surface area contributed by atoms with Crippen LogP contribution >= 0.6 is 12.4 Å². The van der Waals surface area contributed by atoms with Crippen molar-refractivity contribution in [2.24, 2.45) is 5.73 Å². The van der Waals surface area contributed by atoms with E-state index >= 15 is 0 Å². The maximum atomic E-state index is 10.8. The van der Waals surface area contributed by atoms with Gasteiger partial charge in [0.1, 0.15) is 0 Å². The van der Waals surface area contributed by atoms with Crippen molar-refractivity contribution in [2.45, 2.75) is 38.1 Å². The summed E-state index contributed by atoms with van der Waals surface area (Å²) in [4.78, 5) is 10.8. The number of carbonyl (C=O) groups is 1. The van der Waals surface area contributed by atoms with E-state index in [1.165, 1.54) is 19.3 Å². The molecule has 0 aromatic carbocycles. The minimum Gasteiger partial charge on any atom is -0.352 e. The van der Waals surface area contributed by atoms with Crippen LogP contribution in [0.15, 0.2) is 0 Å². The smallest absolute Gasteiger partial charge is 0.233 e. The third-order valence-electron chi connectivity index (χ3n) is 2.16. The minimum atomic E-state index is -0.0168. The van der Waals surface area contributed by atoms with E-state index in [0.29, 0.717) is 6.04 Å². The zero-order valence-electron chi connectivity index (χ0n) is 7.21. The largest absolute Gasteiger partial charge is 0.352 e. The summed E-state index contributed by atoms with van der Waals surface area (Å²) in [5.41, 5.74) is 5.18. The highest BCUT2D eigenvalue weighted by atomic mass is 35.5. The standard InChI is InChI=1S/C8H16N2O.ClH/c9-6-8(11)10-7-4-2-1-3-5-7;/h7H,1-6,9H2,(H,10,11);1H. The van der Waals surface area contributed by atoms with E-state index < -0.39 is 0 Å². The fraction of sp³-hybridized carbons (Fsp3) is 0.875. The van der Waals surface area contributed by atoms with Gasteiger partial charge in [0.2, 0.25) is 5.91 Å². The monoisotopic (exact) mass is 192 g/mol. The number of hydrogen-bond donors (Lipinski definition) is 2. The van der Waals surface area contributed by atoms with Crippen LogP contribution in [0.3, 0.4) is 0 Å². The first-order valence-corrected chi connectivity index (χ1v) is 4.32. The van der Waals surface area contributed by atoms with Crippen LogP contribution in [0, 0.1) is 0 Å². The summed E-state index contributed by atoms with van der Waals surface area (Å²) in [6.45, 7) is 0.122. The predicted molar refractivity (Wildman–Crippen MR) is 51.3 cm³/mol. The second kappa shape index (κ2) is 6.26. The van der Waals surface area contributed by atoms with E-state index in [4.69, 9.17) is 5.73 Å². The third kappa shape index (κ3) is 3.93. The Bertz CT molecular complexity index is 135. The van der Waals surface area contributed by atoms with E-state index in [2.05, 4.69) is 5.32 Å². The molecule has 72 valence electrons. The van der Waals surface area contributed by atoms with Gasteiger partial charge in [-0.25, -0.2) is 0 Å². The van der Waals surface area contributed by atoms with Crippen molar-refractivity contribution in [3.05, 3.63) is 0 Å². The molecule has 0 heterocycles. The third-order valence-corrected chi connectivity index (χ3v) is 2.16. The molecule has 0 spiro atoms. The number of nitrogens with two attached hydrogens (primary N) is 1. The quantitative estimate of drug-likeness (QED) is 0.681. The molecule has 0 radical (unpaired) electrons. The van der Waals surface area contributed by atoms with Crippen LogP contribution in [0.4, 0.5) is 0 Å². The highest BCUT2D eigenvalue weighted by Crippen LogP contribution is 2.16. The van der Waals surface area contributed by atoms with E-state index in [9.17, 15) is 4.79 Å². The molecule has 0 aromatic heterocycles. The maximum absolute atomic E-state index is 10.8. The second-order valence-corrected chi connectivity index (χ2v) is 3.11. The molecule has 1 amide bonds. The molecule has 0 aromatic rings. The van der Waals surface area contributed by atoms with Crippen molar-refractivity contribution in [3.8, 4) is 0 Å². The number of hydrogen-bond acceptors (Lipinski definition) is 2. The Hall–Kier alpha value is -0.280. The van der Waals surface area contributed by atoms with Gasteiger partial charge in [0.25, 0.3) is 0 Å². The van der Waals surface area contributed by atoms with Gasteiger partial charge in [0, 0.05) is 6.04 Å². The van der Waals surface area contributed by atoms with Crippen LogP contribution in [-0.4, -0.2) is 18.5 Å². The lowest BCUT2D eigenvalue weighted by molar-refractivity contribution is -0.120. The molecule has 1 aliphatic rings. The molecule has 1 fully saturated rings. The van der Waals surface area contributed by atoms with Gasteiger partial charge in [0.05, 0.1) is 6.54 Å². The molecule has 0 saturated heterocycles. The molecule has 0 atom stereocenters. The van der Waals surface area contributed by atoms with E-state index in [0.717, 1.165) is 12.8 Å². The maximum Gasteiger partial charge on any atom is 0.233 e. The number of amides is 1. The fourth-order valence-electron chi connectivity index (χ4n) is 1.53. The van der Waals surface area contributed by atoms with Gasteiger partial charge in [-0.05, 0) is 12.8 Å². The zero-order chi connectivity index (χ0) is 8.10. The molecule has 0 unspecified atom stereocenters. The van der Waals surface area contributed by atoms with Crippen molar-refractivity contribution in [2.75, 3.05) is 6.54 Å². The number of carbonyl (C=O) groups excluding carboxylic acids is 1. The summed E-state index contributed by atoms with van der Waals surface area (Å²) in [6.07, 6.45) is 6.07. The highest BCUT2D eigenvalue weighted by molar-refractivity contribution is 5.85. The molecule has 1 saturated carbocycles. The van der Waals surface area contributed by atoms with Crippen LogP contribution in [0.2, 0.25) is 0 Å². The van der Waals surface area contributed by atoms with E-state index in [1.54, 1.807) is 0 Å². The van der Waals surface area contributed by atoms with Crippen LogP contribution in [0.1, 0.15) is 32.1 Å². The summed E-state index contributed by atoms with van der Waals surface area (Å²) in [6, 6.07) is 0.403. The second-order valence-electron chi connectivity index (χ2n) is 3.11. The van der Waals surface area contributed by atoms with Crippen molar-refractivity contribution >= 4 is 18.3 Å². The lowest BCUT2D eigenvalue weighted by Crippen LogP contribution is -2.39. The van der Waals surface area contributed by atoms with Crippen molar-refractivity contribution in [1.29, 1.82) is 0 Å². The summed E-state index contributed by atoms with van der Waals surface area (Å²) in [5.74, 6) is -0.0168. The molecular weight excluding hydrogens is 176 g/mol. The summed E-state index contributed by atoms with van der Waals surface area (Å²) < 4.78 is 0. The summed E-state index contributed by atoms with van der Waals surface area (Å²) in [5, 5.41) is 2.90. The Morgan fingerprint density at radius 3 is 2.42 bits per heavy atom. The summed E-state index contributed by atoms with van der Waals surface area (Å²) in [7, 11) is 0. The lowest BCUT2D eigenvalue weighted by Gasteiger charge is -2.22. The minimum absolute atomic E-state index is 0. The van der Waals surface area contributed by atoms with Crippen LogP contribution in [-0.2, 0) is 4.79 Å². The Labute approximate surface area is 79.5 Å². The Balaban J connectivity index is 0.00000121. The first kappa shape index (κ1) is 11.7. The average molecular weight is 193 g/mol. The molecule has 12 heavy (non-hydrogen) atoms. The highest BCUT2D eigenvalue weighted by Gasteiger charge is 2.14. The molecular formula is C8H17ClN2O. The molecule has 1 rings (SSSR count). The Kier molecular flexibility index (Phi) is 6.11. The normalized spacial score (nSPS) is 18.1. The van der Waals surface area contributed by atoms with Gasteiger partial charge in [-0.15, -0.1) is 12.4 Å². The van der Waals surface area contributed by atoms with E-state index in [1.807, 2.05) is 0 Å². The molecule has 3 N–H and O–H groups in total. The Morgan fingerprint density at radius 1 is 1.33 bits per heavy atom. The van der Waals surface area contributed by atoms with Crippen LogP contribution < -0.4 is 11.1 Å². The molecule has 0 aliphatic heterocycles. The molecule has 4 heteroatoms. The fourth-order valence-corrected chi connectivity index (χ4v) is 1.53. The van der Waals surface area contributed by atoms with Gasteiger partial charge >= 0.3 is 0 Å². The lowest BCUT2D eigenvalue weighted by atomic mass is 9.95. The van der Waals surface area contributed by atoms with Gasteiger partial charge in [-0.2, -0.15) is 0 Å². The summed E-state index contributed by atoms with van der Waals surface area (Å²) >= 11 is 0. The SMILES string of the molecule is Cl.NCC(=O)NC1CCCCC1. The van der Waals surface area contributed by atoms with Crippen molar-refractivity contribution in [3.63, 3.8) is 0 Å². The van der Waals surface area contributed by atoms with Gasteiger partial charge in [-0.1, -0.05) is 19.3 Å². The average Bonchev–Trinajstić information content (AvgIpc) is 2.06. The topological polar surface area (TPSA) is 55.1 Å². The zero-order valence-corrected chi connectivity index (χ0v) is 8.03. The van der Waals surface area contributed by atoms with Gasteiger partial charge in [-0.3, -0.25) is 4.79 Å². The number of halogens is 1. The van der Waals surface area contributed by atoms with Crippen molar-refractivity contribution in [1.82, 2.24) is 5.32 Å². The van der Waals surface area contributed by atoms with Gasteiger partial charge < -0.3 is 11.1 Å². The first-order chi connectivity index (χ1) is 5.33. The molecule has 1 aliphatic carbocycles. The molecule has 3 nitrogen and oxygen atoms in total. The number of rotatable bonds is 2. The van der Waals surface area contributed by atoms with Gasteiger partial charge in [0.15, 0.2) is 0 Å². The number of nitrogens with one attached hydrogen (secondary N) is 1. The van der Waals surface area contributed by atoms with Crippen LogP contribution in [0.25, 0.3) is 0 Å². The van der Waals surface area contributed by atoms with Crippen molar-refractivity contribution < 1.29 is 4.79 Å².